The Bertz CT molecular complexity index is 1030. The van der Waals surface area contributed by atoms with Gasteiger partial charge in [-0.2, -0.15) is 4.31 Å². The lowest BCUT2D eigenvalue weighted by Gasteiger charge is -2.57. The first-order chi connectivity index (χ1) is 16.2. The van der Waals surface area contributed by atoms with Gasteiger partial charge in [-0.1, -0.05) is 13.8 Å². The van der Waals surface area contributed by atoms with Gasteiger partial charge >= 0.3 is 0 Å². The molecule has 4 saturated carbocycles. The molecule has 1 saturated heterocycles. The number of piperazine rings is 1. The maximum atomic E-state index is 13.6. The topological polar surface area (TPSA) is 82.9 Å². The zero-order chi connectivity index (χ0) is 24.3. The van der Waals surface area contributed by atoms with Gasteiger partial charge in [0.1, 0.15) is 10.6 Å². The zero-order valence-corrected chi connectivity index (χ0v) is 21.5. The van der Waals surface area contributed by atoms with Gasteiger partial charge in [0.2, 0.25) is 15.9 Å². The van der Waals surface area contributed by atoms with Crippen molar-refractivity contribution in [2.45, 2.75) is 57.3 Å². The average molecular weight is 491 g/mol. The van der Waals surface area contributed by atoms with Crippen LogP contribution in [0.5, 0.6) is 0 Å². The SMILES string of the molecule is CCN(CC)S(=O)(=O)c1cc(C(=O)N2CCN(C(=O)C34CC5CC(CC(C5)C3)C4)CC2)n(C)c1. The Hall–Kier alpha value is -1.87. The number of hydrogen-bond donors (Lipinski definition) is 0. The van der Waals surface area contributed by atoms with Gasteiger partial charge in [-0.05, 0) is 62.3 Å². The summed E-state index contributed by atoms with van der Waals surface area (Å²) in [7, 11) is -1.91. The summed E-state index contributed by atoms with van der Waals surface area (Å²) in [5.41, 5.74) is 0.221. The molecule has 0 N–H and O–H groups in total. The lowest BCUT2D eigenvalue weighted by molar-refractivity contribution is -0.159. The van der Waals surface area contributed by atoms with Crippen LogP contribution < -0.4 is 0 Å². The third-order valence-corrected chi connectivity index (χ3v) is 10.9. The van der Waals surface area contributed by atoms with Gasteiger partial charge in [-0.3, -0.25) is 9.59 Å². The van der Waals surface area contributed by atoms with Gasteiger partial charge in [0, 0.05) is 52.5 Å². The van der Waals surface area contributed by atoms with Gasteiger partial charge in [0.15, 0.2) is 0 Å². The largest absolute Gasteiger partial charge is 0.345 e. The minimum atomic E-state index is -3.62. The minimum absolute atomic E-state index is 0.146. The Morgan fingerprint density at radius 3 is 1.94 bits per heavy atom. The van der Waals surface area contributed by atoms with Crippen molar-refractivity contribution in [1.82, 2.24) is 18.7 Å². The predicted octanol–water partition coefficient (Wildman–Crippen LogP) is 2.56. The predicted molar refractivity (Wildman–Crippen MR) is 129 cm³/mol. The van der Waals surface area contributed by atoms with Crippen LogP contribution in [0, 0.1) is 23.2 Å². The molecule has 6 rings (SSSR count). The summed E-state index contributed by atoms with van der Waals surface area (Å²) in [6, 6.07) is 1.49. The van der Waals surface area contributed by atoms with E-state index in [1.807, 2.05) is 4.90 Å². The number of aromatic nitrogens is 1. The molecular formula is C25H38N4O4S. The van der Waals surface area contributed by atoms with Gasteiger partial charge < -0.3 is 14.4 Å². The Morgan fingerprint density at radius 2 is 1.44 bits per heavy atom. The standard InChI is InChI=1S/C25H38N4O4S/c1-4-29(5-2)34(32,33)21-13-22(26(3)17-21)23(30)27-6-8-28(9-7-27)24(31)25-14-18-10-19(15-25)12-20(11-18)16-25/h13,17-20H,4-12,14-16H2,1-3H3. The van der Waals surface area contributed by atoms with E-state index in [1.165, 1.54) is 35.8 Å². The van der Waals surface area contributed by atoms with E-state index in [-0.39, 0.29) is 16.2 Å². The Morgan fingerprint density at radius 1 is 0.941 bits per heavy atom. The van der Waals surface area contributed by atoms with Gasteiger partial charge in [-0.25, -0.2) is 8.42 Å². The number of hydrogen-bond acceptors (Lipinski definition) is 4. The lowest BCUT2D eigenvalue weighted by atomic mass is 9.49. The highest BCUT2D eigenvalue weighted by Crippen LogP contribution is 2.60. The van der Waals surface area contributed by atoms with Crippen molar-refractivity contribution in [3.05, 3.63) is 18.0 Å². The average Bonchev–Trinajstić information content (AvgIpc) is 3.20. The van der Waals surface area contributed by atoms with Crippen LogP contribution in [-0.4, -0.2) is 78.2 Å². The fourth-order valence-electron chi connectivity index (χ4n) is 7.58. The first kappa shape index (κ1) is 23.9. The highest BCUT2D eigenvalue weighted by atomic mass is 32.2. The number of sulfonamides is 1. The van der Waals surface area contributed by atoms with Crippen molar-refractivity contribution in [2.24, 2.45) is 30.2 Å². The molecule has 0 atom stereocenters. The maximum Gasteiger partial charge on any atom is 0.270 e. The second-order valence-electron chi connectivity index (χ2n) is 11.0. The summed E-state index contributed by atoms with van der Waals surface area (Å²) in [6.07, 6.45) is 8.65. The Balaban J connectivity index is 1.25. The Labute approximate surface area is 203 Å². The first-order valence-corrected chi connectivity index (χ1v) is 14.4. The first-order valence-electron chi connectivity index (χ1n) is 12.9. The molecular weight excluding hydrogens is 452 g/mol. The van der Waals surface area contributed by atoms with Gasteiger partial charge in [0.25, 0.3) is 5.91 Å². The summed E-state index contributed by atoms with van der Waals surface area (Å²) in [5.74, 6) is 2.35. The monoisotopic (exact) mass is 490 g/mol. The number of rotatable bonds is 6. The number of amides is 2. The molecule has 5 aliphatic rings. The lowest BCUT2D eigenvalue weighted by Crippen LogP contribution is -2.58. The van der Waals surface area contributed by atoms with Crippen molar-refractivity contribution in [2.75, 3.05) is 39.3 Å². The van der Waals surface area contributed by atoms with Crippen molar-refractivity contribution < 1.29 is 18.0 Å². The van der Waals surface area contributed by atoms with Crippen LogP contribution in [0.1, 0.15) is 62.9 Å². The molecule has 0 spiro atoms. The number of aryl methyl sites for hydroxylation is 1. The fraction of sp³-hybridized carbons (Fsp3) is 0.760. The van der Waals surface area contributed by atoms with Gasteiger partial charge in [0.05, 0.1) is 5.41 Å². The summed E-state index contributed by atoms with van der Waals surface area (Å²) in [5, 5.41) is 0. The molecule has 4 bridgehead atoms. The quantitative estimate of drug-likeness (QED) is 0.614. The highest BCUT2D eigenvalue weighted by molar-refractivity contribution is 7.89. The van der Waals surface area contributed by atoms with Crippen LogP contribution in [0.4, 0.5) is 0 Å². The van der Waals surface area contributed by atoms with Crippen molar-refractivity contribution in [3.8, 4) is 0 Å². The molecule has 188 valence electrons. The van der Waals surface area contributed by atoms with Crippen LogP contribution in [0.3, 0.4) is 0 Å². The zero-order valence-electron chi connectivity index (χ0n) is 20.7. The molecule has 2 heterocycles. The highest BCUT2D eigenvalue weighted by Gasteiger charge is 2.55. The fourth-order valence-corrected chi connectivity index (χ4v) is 9.11. The molecule has 5 fully saturated rings. The molecule has 8 nitrogen and oxygen atoms in total. The van der Waals surface area contributed by atoms with Crippen LogP contribution in [0.25, 0.3) is 0 Å². The van der Waals surface area contributed by atoms with E-state index in [0.717, 1.165) is 37.0 Å². The Kier molecular flexibility index (Phi) is 6.07. The van der Waals surface area contributed by atoms with E-state index < -0.39 is 10.0 Å². The maximum absolute atomic E-state index is 13.6. The molecule has 0 aromatic carbocycles. The van der Waals surface area contributed by atoms with Crippen molar-refractivity contribution in [1.29, 1.82) is 0 Å². The smallest absolute Gasteiger partial charge is 0.270 e. The van der Waals surface area contributed by atoms with E-state index in [0.29, 0.717) is 50.9 Å². The van der Waals surface area contributed by atoms with Crippen molar-refractivity contribution in [3.63, 3.8) is 0 Å². The third-order valence-electron chi connectivity index (χ3n) is 8.89. The van der Waals surface area contributed by atoms with Crippen LogP contribution in [0.15, 0.2) is 17.2 Å². The molecule has 1 aromatic heterocycles. The molecule has 9 heteroatoms. The van der Waals surface area contributed by atoms with Crippen LogP contribution in [0.2, 0.25) is 0 Å². The van der Waals surface area contributed by atoms with E-state index in [2.05, 4.69) is 0 Å². The molecule has 0 unspecified atom stereocenters. The second-order valence-corrected chi connectivity index (χ2v) is 13.0. The second kappa shape index (κ2) is 8.66. The minimum Gasteiger partial charge on any atom is -0.345 e. The number of nitrogens with zero attached hydrogens (tertiary/aromatic N) is 4. The van der Waals surface area contributed by atoms with E-state index in [1.54, 1.807) is 30.4 Å². The summed E-state index contributed by atoms with van der Waals surface area (Å²) < 4.78 is 28.8. The molecule has 4 aliphatic carbocycles. The number of carbonyl (C=O) groups excluding carboxylic acids is 2. The summed E-state index contributed by atoms with van der Waals surface area (Å²) in [4.78, 5) is 30.8. The van der Waals surface area contributed by atoms with Gasteiger partial charge in [-0.15, -0.1) is 0 Å². The molecule has 1 aromatic rings. The molecule has 34 heavy (non-hydrogen) atoms. The molecule has 2 amide bonds. The van der Waals surface area contributed by atoms with E-state index in [4.69, 9.17) is 0 Å². The van der Waals surface area contributed by atoms with Crippen molar-refractivity contribution >= 4 is 21.8 Å². The van der Waals surface area contributed by atoms with Crippen LogP contribution >= 0.6 is 0 Å². The van der Waals surface area contributed by atoms with E-state index >= 15 is 0 Å². The van der Waals surface area contributed by atoms with Crippen LogP contribution in [-0.2, 0) is 21.9 Å². The summed E-state index contributed by atoms with van der Waals surface area (Å²) in [6.45, 7) is 6.47. The van der Waals surface area contributed by atoms with E-state index in [9.17, 15) is 18.0 Å². The normalized spacial score (nSPS) is 30.9. The molecule has 0 radical (unpaired) electrons. The third kappa shape index (κ3) is 3.88. The summed E-state index contributed by atoms with van der Waals surface area (Å²) >= 11 is 0. The number of carbonyl (C=O) groups is 2. The molecule has 1 aliphatic heterocycles.